The fourth-order valence-corrected chi connectivity index (χ4v) is 6.22. The van der Waals surface area contributed by atoms with E-state index in [2.05, 4.69) is 28.8 Å². The van der Waals surface area contributed by atoms with Crippen LogP contribution in [0.1, 0.15) is 44.2 Å². The second kappa shape index (κ2) is 9.47. The Labute approximate surface area is 215 Å². The van der Waals surface area contributed by atoms with Crippen molar-refractivity contribution < 1.29 is 14.3 Å². The number of nitrogens with one attached hydrogen (secondary N) is 2. The first-order valence-corrected chi connectivity index (χ1v) is 12.9. The smallest absolute Gasteiger partial charge is 0.412 e. The SMILES string of the molecule is CC(C)(C)OC(=O)Nc1ccccc1C1C(=O)NCC[C@]12C(Sc1ccccc1)=Nc1ccccc12. The third kappa shape index (κ3) is 4.51. The number of rotatable bonds is 3. The summed E-state index contributed by atoms with van der Waals surface area (Å²) in [6.07, 6.45) is 0.138. The standard InChI is InChI=1S/C29H29N3O3S/c1-28(2,3)35-27(34)32-22-15-9-7-13-20(22)24-25(33)30-18-17-29(24)21-14-8-10-16-23(21)31-26(29)36-19-11-5-4-6-12-19/h4-16,24H,17-18H2,1-3H3,(H,30,33)(H,32,34)/t24?,29-/m1/s1. The summed E-state index contributed by atoms with van der Waals surface area (Å²) in [7, 11) is 0. The van der Waals surface area contributed by atoms with Crippen molar-refractivity contribution in [2.45, 2.75) is 49.0 Å². The summed E-state index contributed by atoms with van der Waals surface area (Å²) in [5.74, 6) is -0.672. The average molecular weight is 500 g/mol. The van der Waals surface area contributed by atoms with Crippen LogP contribution in [0.2, 0.25) is 0 Å². The van der Waals surface area contributed by atoms with E-state index < -0.39 is 23.0 Å². The van der Waals surface area contributed by atoms with Crippen molar-refractivity contribution in [3.05, 3.63) is 90.0 Å². The van der Waals surface area contributed by atoms with Gasteiger partial charge in [-0.25, -0.2) is 9.79 Å². The van der Waals surface area contributed by atoms with E-state index in [1.165, 1.54) is 0 Å². The maximum atomic E-state index is 13.7. The van der Waals surface area contributed by atoms with Gasteiger partial charge >= 0.3 is 6.09 Å². The third-order valence-electron chi connectivity index (χ3n) is 6.43. The lowest BCUT2D eigenvalue weighted by atomic mass is 9.64. The number of ether oxygens (including phenoxy) is 1. The molecule has 2 amide bonds. The zero-order valence-corrected chi connectivity index (χ0v) is 21.4. The molecule has 1 saturated heterocycles. The van der Waals surface area contributed by atoms with Crippen molar-refractivity contribution in [3.63, 3.8) is 0 Å². The molecule has 1 spiro atoms. The molecule has 0 radical (unpaired) electrons. The molecule has 0 bridgehead atoms. The minimum absolute atomic E-state index is 0.0854. The van der Waals surface area contributed by atoms with E-state index in [1.54, 1.807) is 11.8 Å². The van der Waals surface area contributed by atoms with Gasteiger partial charge < -0.3 is 10.1 Å². The maximum absolute atomic E-state index is 13.7. The van der Waals surface area contributed by atoms with E-state index in [4.69, 9.17) is 9.73 Å². The fraction of sp³-hybridized carbons (Fsp3) is 0.276. The molecule has 1 fully saturated rings. The zero-order valence-electron chi connectivity index (χ0n) is 20.6. The van der Waals surface area contributed by atoms with E-state index in [1.807, 2.05) is 81.4 Å². The number of anilines is 1. The van der Waals surface area contributed by atoms with Crippen molar-refractivity contribution in [1.29, 1.82) is 0 Å². The molecular weight excluding hydrogens is 470 g/mol. The highest BCUT2D eigenvalue weighted by Gasteiger charge is 2.55. The Hall–Kier alpha value is -3.58. The van der Waals surface area contributed by atoms with Crippen LogP contribution in [0.4, 0.5) is 16.2 Å². The number of hydrogen-bond acceptors (Lipinski definition) is 5. The van der Waals surface area contributed by atoms with Crippen LogP contribution in [0, 0.1) is 0 Å². The van der Waals surface area contributed by atoms with Gasteiger partial charge in [0, 0.05) is 17.1 Å². The lowest BCUT2D eigenvalue weighted by Crippen LogP contribution is -2.53. The molecule has 0 aromatic heterocycles. The first kappa shape index (κ1) is 24.1. The van der Waals surface area contributed by atoms with Crippen molar-refractivity contribution in [3.8, 4) is 0 Å². The largest absolute Gasteiger partial charge is 0.444 e. The van der Waals surface area contributed by atoms with Gasteiger partial charge in [-0.1, -0.05) is 66.4 Å². The summed E-state index contributed by atoms with van der Waals surface area (Å²) < 4.78 is 5.51. The summed E-state index contributed by atoms with van der Waals surface area (Å²) in [6.45, 7) is 6.00. The molecule has 2 N–H and O–H groups in total. The first-order chi connectivity index (χ1) is 17.3. The third-order valence-corrected chi connectivity index (χ3v) is 7.58. The van der Waals surface area contributed by atoms with E-state index in [-0.39, 0.29) is 5.91 Å². The van der Waals surface area contributed by atoms with Crippen LogP contribution in [0.5, 0.6) is 0 Å². The molecule has 2 atom stereocenters. The number of carbonyl (C=O) groups excluding carboxylic acids is 2. The van der Waals surface area contributed by atoms with Crippen LogP contribution in [-0.2, 0) is 14.9 Å². The van der Waals surface area contributed by atoms with Crippen LogP contribution in [0.3, 0.4) is 0 Å². The molecule has 0 aliphatic carbocycles. The molecule has 2 aliphatic heterocycles. The molecule has 184 valence electrons. The second-order valence-electron chi connectivity index (χ2n) is 10.0. The number of aliphatic imine (C=N–C) groups is 1. The number of para-hydroxylation sites is 2. The molecular formula is C29H29N3O3S. The van der Waals surface area contributed by atoms with Gasteiger partial charge in [0.25, 0.3) is 0 Å². The van der Waals surface area contributed by atoms with Gasteiger partial charge in [-0.15, -0.1) is 0 Å². The average Bonchev–Trinajstić information content (AvgIpc) is 3.12. The van der Waals surface area contributed by atoms with Gasteiger partial charge in [0.05, 0.1) is 22.1 Å². The van der Waals surface area contributed by atoms with E-state index in [0.717, 1.165) is 26.8 Å². The number of fused-ring (bicyclic) bond motifs is 2. The van der Waals surface area contributed by atoms with Crippen LogP contribution < -0.4 is 10.6 Å². The van der Waals surface area contributed by atoms with Gasteiger partial charge in [-0.3, -0.25) is 10.1 Å². The second-order valence-corrected chi connectivity index (χ2v) is 11.1. The summed E-state index contributed by atoms with van der Waals surface area (Å²) in [5.41, 5.74) is 1.91. The molecule has 3 aromatic rings. The van der Waals surface area contributed by atoms with Crippen LogP contribution in [-0.4, -0.2) is 29.2 Å². The summed E-state index contributed by atoms with van der Waals surface area (Å²) in [6, 6.07) is 25.6. The molecule has 2 heterocycles. The predicted molar refractivity (Wildman–Crippen MR) is 144 cm³/mol. The number of nitrogens with zero attached hydrogens (tertiary/aromatic N) is 1. The number of benzene rings is 3. The lowest BCUT2D eigenvalue weighted by molar-refractivity contribution is -0.125. The first-order valence-electron chi connectivity index (χ1n) is 12.1. The van der Waals surface area contributed by atoms with Crippen molar-refractivity contribution in [1.82, 2.24) is 5.32 Å². The van der Waals surface area contributed by atoms with Gasteiger partial charge in [0.2, 0.25) is 5.91 Å². The lowest BCUT2D eigenvalue weighted by Gasteiger charge is -2.42. The Bertz CT molecular complexity index is 1330. The highest BCUT2D eigenvalue weighted by atomic mass is 32.2. The maximum Gasteiger partial charge on any atom is 0.412 e. The Morgan fingerprint density at radius 2 is 1.72 bits per heavy atom. The molecule has 0 saturated carbocycles. The van der Waals surface area contributed by atoms with Crippen molar-refractivity contribution in [2.75, 3.05) is 11.9 Å². The van der Waals surface area contributed by atoms with Crippen LogP contribution >= 0.6 is 11.8 Å². The normalized spacial score (nSPS) is 20.9. The summed E-state index contributed by atoms with van der Waals surface area (Å²) >= 11 is 1.60. The highest BCUT2D eigenvalue weighted by Crippen LogP contribution is 2.56. The molecule has 36 heavy (non-hydrogen) atoms. The van der Waals surface area contributed by atoms with Gasteiger partial charge in [-0.05, 0) is 62.6 Å². The monoisotopic (exact) mass is 499 g/mol. The number of amides is 2. The summed E-state index contributed by atoms with van der Waals surface area (Å²) in [4.78, 5) is 32.5. The Balaban J connectivity index is 1.63. The van der Waals surface area contributed by atoms with E-state index in [0.29, 0.717) is 18.7 Å². The Kier molecular flexibility index (Phi) is 6.35. The number of thioether (sulfide) groups is 1. The van der Waals surface area contributed by atoms with Crippen molar-refractivity contribution >= 4 is 40.2 Å². The minimum Gasteiger partial charge on any atom is -0.444 e. The van der Waals surface area contributed by atoms with Gasteiger partial charge in [-0.2, -0.15) is 0 Å². The Morgan fingerprint density at radius 1 is 1.03 bits per heavy atom. The molecule has 2 aliphatic rings. The number of piperidine rings is 1. The topological polar surface area (TPSA) is 79.8 Å². The van der Waals surface area contributed by atoms with Crippen LogP contribution in [0.15, 0.2) is 88.8 Å². The predicted octanol–water partition coefficient (Wildman–Crippen LogP) is 6.41. The molecule has 6 nitrogen and oxygen atoms in total. The Morgan fingerprint density at radius 3 is 2.50 bits per heavy atom. The van der Waals surface area contributed by atoms with Crippen LogP contribution in [0.25, 0.3) is 0 Å². The molecule has 7 heteroatoms. The van der Waals surface area contributed by atoms with E-state index in [9.17, 15) is 9.59 Å². The quantitative estimate of drug-likeness (QED) is 0.436. The number of hydrogen-bond donors (Lipinski definition) is 2. The summed E-state index contributed by atoms with van der Waals surface area (Å²) in [5, 5.41) is 6.85. The minimum atomic E-state index is -0.662. The zero-order chi connectivity index (χ0) is 25.3. The van der Waals surface area contributed by atoms with Gasteiger partial charge in [0.1, 0.15) is 5.60 Å². The van der Waals surface area contributed by atoms with Crippen molar-refractivity contribution in [2.24, 2.45) is 4.99 Å². The fourth-order valence-electron chi connectivity index (χ4n) is 5.04. The molecule has 5 rings (SSSR count). The molecule has 3 aromatic carbocycles. The van der Waals surface area contributed by atoms with E-state index >= 15 is 0 Å². The van der Waals surface area contributed by atoms with Gasteiger partial charge in [0.15, 0.2) is 0 Å². The number of carbonyl (C=O) groups is 2. The highest BCUT2D eigenvalue weighted by molar-refractivity contribution is 8.14. The molecule has 1 unspecified atom stereocenters.